The fraction of sp³-hybridized carbons (Fsp3) is 0.256. The average Bonchev–Trinajstić information content (AvgIpc) is 0.817. The number of nitrogens with zero attached hydrogens (tertiary/aromatic N) is 6. The van der Waals surface area contributed by atoms with Crippen LogP contribution in [-0.4, -0.2) is 128 Å². The predicted octanol–water partition coefficient (Wildman–Crippen LogP) is 14.5. The van der Waals surface area contributed by atoms with E-state index >= 15 is 13.9 Å². The number of nitrogens with one attached hydrogen (secondary N) is 1. The number of amides is 1. The van der Waals surface area contributed by atoms with Gasteiger partial charge >= 0.3 is 32.2 Å². The van der Waals surface area contributed by atoms with Crippen LogP contribution < -0.4 is 26.0 Å². The summed E-state index contributed by atoms with van der Waals surface area (Å²) in [6.45, 7) is 3.17. The van der Waals surface area contributed by atoms with Gasteiger partial charge in [0.05, 0.1) is 56.1 Å². The SMILES string of the molecule is COc1ccc(C(OC[C@H]2O[C@@H](n3cnc4c(NC(=O)c5ccccc5)ncnc43)[C@H](OP(=O)(OC(C)(C)C)OC(C)(C)C)[C@@H]2OP(=O)(OC[C@H]2O[C@@H](n3ccc(=O)n(C(=O)c4ccccc4)c3=O)[C@H](OC(=O)c3ccccc3)[C@@H]2OC(=O)c2ccccc2)Sc2ccccc2)(c2ccccc2)c2ccc(OC)cc2)cc1. The van der Waals surface area contributed by atoms with Gasteiger partial charge in [0.25, 0.3) is 17.4 Å². The Balaban J connectivity index is 0.988. The third-order valence-corrected chi connectivity index (χ3v) is 23.3. The van der Waals surface area contributed by atoms with Gasteiger partial charge in [-0.25, -0.2) is 38.5 Å². The highest BCUT2D eigenvalue weighted by Gasteiger charge is 2.58. The summed E-state index contributed by atoms with van der Waals surface area (Å²) >= 11 is 0.601. The lowest BCUT2D eigenvalue weighted by atomic mass is 9.80. The Hall–Kier alpha value is -10.8. The summed E-state index contributed by atoms with van der Waals surface area (Å²) in [6, 6.07) is 64.5. The van der Waals surface area contributed by atoms with Crippen LogP contribution in [0.1, 0.15) is 112 Å². The van der Waals surface area contributed by atoms with Crippen LogP contribution >= 0.6 is 26.0 Å². The number of esters is 2. The molecular formula is C82H79N7O20P2S. The Kier molecular flexibility index (Phi) is 24.1. The molecule has 9 atom stereocenters. The Bertz CT molecular complexity index is 5290. The number of hydrogen-bond donors (Lipinski definition) is 1. The summed E-state index contributed by atoms with van der Waals surface area (Å²) in [7, 11) is -1.95. The Morgan fingerprint density at radius 3 is 1.51 bits per heavy atom. The first-order chi connectivity index (χ1) is 53.8. The molecule has 112 heavy (non-hydrogen) atoms. The Morgan fingerprint density at radius 2 is 0.982 bits per heavy atom. The number of methoxy groups -OCH3 is 2. The normalized spacial score (nSPS) is 19.1. The summed E-state index contributed by atoms with van der Waals surface area (Å²) in [5, 5.41) is 2.84. The summed E-state index contributed by atoms with van der Waals surface area (Å²) in [5.74, 6) is -2.48. The third kappa shape index (κ3) is 18.0. The summed E-state index contributed by atoms with van der Waals surface area (Å²) in [5.41, 5.74) is -4.30. The third-order valence-electron chi connectivity index (χ3n) is 17.8. The second kappa shape index (κ2) is 34.0. The predicted molar refractivity (Wildman–Crippen MR) is 413 cm³/mol. The van der Waals surface area contributed by atoms with Crippen molar-refractivity contribution in [1.29, 1.82) is 0 Å². The lowest BCUT2D eigenvalue weighted by Gasteiger charge is -2.38. The molecule has 0 spiro atoms. The van der Waals surface area contributed by atoms with Crippen molar-refractivity contribution in [2.75, 3.05) is 32.8 Å². The molecule has 2 saturated heterocycles. The largest absolute Gasteiger partial charge is 0.497 e. The molecule has 578 valence electrons. The van der Waals surface area contributed by atoms with E-state index in [1.54, 1.807) is 195 Å². The first-order valence-electron chi connectivity index (χ1n) is 35.5. The smallest absolute Gasteiger partial charge is 0.476 e. The molecular weight excluding hydrogens is 1500 g/mol. The van der Waals surface area contributed by atoms with Crippen molar-refractivity contribution in [3.05, 3.63) is 315 Å². The maximum atomic E-state index is 17.3. The standard InChI is InChI=1S/C82H79N7O20P2S/c1-80(2,3)108-110(96,109-81(4,5)6)106-70-68(63(102-76(70)88-52-85-66-71(83-51-84-72(66)88)86-73(91)53-27-15-9-16-28-53)49-100-82(57-35-23-13-24-36-57,58-39-43-60(98-7)44-40-58)59-41-45-61(99-8)46-42-59)107-111(97,112-62-37-25-14-26-38-62)101-50-64-67(104-77(93)55-31-19-11-20-32-55)69(105-78(94)56-33-21-12-22-34-56)75(103-64)87-48-47-65(90)89(79(87)95)74(92)54-29-17-10-18-30-54/h9-48,51-52,63-64,67-70,75-76H,49-50H2,1-8H3,(H,83,84,86,91)/t63-,64-,67-,68-,69-,70-,75-,76-,111?/m1/s1. The lowest BCUT2D eigenvalue weighted by Crippen LogP contribution is -2.47. The minimum absolute atomic E-state index is 0.0148. The number of rotatable bonds is 28. The molecule has 11 aromatic rings. The fourth-order valence-corrected chi connectivity index (χ4v) is 18.3. The molecule has 1 N–H and O–H groups in total. The van der Waals surface area contributed by atoms with E-state index in [0.29, 0.717) is 49.7 Å². The topological polar surface area (TPSA) is 313 Å². The molecule has 2 aliphatic heterocycles. The van der Waals surface area contributed by atoms with Crippen LogP contribution in [0, 0.1) is 0 Å². The van der Waals surface area contributed by atoms with Crippen molar-refractivity contribution in [3.8, 4) is 11.5 Å². The minimum Gasteiger partial charge on any atom is -0.497 e. The highest BCUT2D eigenvalue weighted by atomic mass is 32.7. The molecule has 0 radical (unpaired) electrons. The highest BCUT2D eigenvalue weighted by molar-refractivity contribution is 8.55. The zero-order chi connectivity index (χ0) is 79.0. The maximum Gasteiger partial charge on any atom is 0.476 e. The molecule has 5 heterocycles. The molecule has 13 rings (SSSR count). The zero-order valence-electron chi connectivity index (χ0n) is 61.9. The van der Waals surface area contributed by atoms with Gasteiger partial charge in [0.15, 0.2) is 41.6 Å². The van der Waals surface area contributed by atoms with Gasteiger partial charge in [-0.05, 0) is 155 Å². The average molecular weight is 1580 g/mol. The molecule has 1 unspecified atom stereocenters. The van der Waals surface area contributed by atoms with E-state index in [1.165, 1.54) is 53.6 Å². The highest BCUT2D eigenvalue weighted by Crippen LogP contribution is 2.67. The Labute approximate surface area is 647 Å². The van der Waals surface area contributed by atoms with Gasteiger partial charge in [-0.15, -0.1) is 0 Å². The number of phosphoric acid groups is 1. The number of benzene rings is 8. The molecule has 8 aromatic carbocycles. The monoisotopic (exact) mass is 1580 g/mol. The van der Waals surface area contributed by atoms with Gasteiger partial charge < -0.3 is 38.5 Å². The fourth-order valence-electron chi connectivity index (χ4n) is 12.8. The molecule has 0 saturated carbocycles. The minimum atomic E-state index is -5.19. The first-order valence-corrected chi connectivity index (χ1v) is 39.9. The van der Waals surface area contributed by atoms with E-state index in [9.17, 15) is 24.0 Å². The number of phosphoric ester groups is 1. The summed E-state index contributed by atoms with van der Waals surface area (Å²) in [4.78, 5) is 100. The van der Waals surface area contributed by atoms with Crippen LogP contribution in [-0.2, 0) is 61.0 Å². The molecule has 1 amide bonds. The van der Waals surface area contributed by atoms with Gasteiger partial charge in [0, 0.05) is 28.3 Å². The Morgan fingerprint density at radius 1 is 0.509 bits per heavy atom. The van der Waals surface area contributed by atoms with Gasteiger partial charge in [-0.1, -0.05) is 146 Å². The van der Waals surface area contributed by atoms with E-state index in [4.69, 9.17) is 60.8 Å². The zero-order valence-corrected chi connectivity index (χ0v) is 64.5. The van der Waals surface area contributed by atoms with E-state index in [1.807, 2.05) is 54.6 Å². The van der Waals surface area contributed by atoms with Crippen molar-refractivity contribution in [2.24, 2.45) is 0 Å². The lowest BCUT2D eigenvalue weighted by molar-refractivity contribution is -0.0938. The summed E-state index contributed by atoms with van der Waals surface area (Å²) in [6.07, 6.45) is -10.6. The molecule has 0 aliphatic carbocycles. The molecule has 3 aromatic heterocycles. The molecule has 2 fully saturated rings. The van der Waals surface area contributed by atoms with Crippen LogP contribution in [0.25, 0.3) is 11.2 Å². The van der Waals surface area contributed by atoms with Crippen LogP contribution in [0.15, 0.2) is 270 Å². The van der Waals surface area contributed by atoms with Crippen molar-refractivity contribution >= 4 is 66.7 Å². The number of aromatic nitrogens is 6. The van der Waals surface area contributed by atoms with Crippen molar-refractivity contribution < 1.29 is 84.1 Å². The number of hydrogen-bond acceptors (Lipinski definition) is 24. The van der Waals surface area contributed by atoms with E-state index in [-0.39, 0.29) is 38.6 Å². The number of ether oxygens (including phenoxy) is 7. The molecule has 27 nitrogen and oxygen atoms in total. The van der Waals surface area contributed by atoms with Crippen molar-refractivity contribution in [1.82, 2.24) is 28.7 Å². The van der Waals surface area contributed by atoms with Gasteiger partial charge in [0.1, 0.15) is 47.8 Å². The van der Waals surface area contributed by atoms with Crippen LogP contribution in [0.2, 0.25) is 0 Å². The van der Waals surface area contributed by atoms with Gasteiger partial charge in [-0.3, -0.25) is 46.1 Å². The van der Waals surface area contributed by atoms with Gasteiger partial charge in [0.2, 0.25) is 0 Å². The molecule has 0 bridgehead atoms. The number of carbonyl (C=O) groups excluding carboxylic acids is 4. The number of carbonyl (C=O) groups is 4. The van der Waals surface area contributed by atoms with Crippen LogP contribution in [0.3, 0.4) is 0 Å². The second-order valence-electron chi connectivity index (χ2n) is 27.8. The van der Waals surface area contributed by atoms with Crippen LogP contribution in [0.5, 0.6) is 11.5 Å². The quantitative estimate of drug-likeness (QED) is 0.0270. The van der Waals surface area contributed by atoms with Crippen molar-refractivity contribution in [2.45, 2.75) is 112 Å². The maximum absolute atomic E-state index is 17.3. The van der Waals surface area contributed by atoms with E-state index in [0.717, 1.165) is 16.8 Å². The number of anilines is 1. The van der Waals surface area contributed by atoms with Crippen molar-refractivity contribution in [3.63, 3.8) is 0 Å². The number of fused-ring (bicyclic) bond motifs is 1. The molecule has 30 heteroatoms. The second-order valence-corrected chi connectivity index (χ2v) is 33.2. The number of imidazole rings is 1. The van der Waals surface area contributed by atoms with Gasteiger partial charge in [-0.2, -0.15) is 4.57 Å². The first kappa shape index (κ1) is 79.3. The van der Waals surface area contributed by atoms with E-state index < -0.39 is 129 Å². The van der Waals surface area contributed by atoms with E-state index in [2.05, 4.69) is 15.3 Å². The van der Waals surface area contributed by atoms with Crippen LogP contribution in [0.4, 0.5) is 5.82 Å². The molecule has 2 aliphatic rings. The summed E-state index contributed by atoms with van der Waals surface area (Å²) < 4.78 is 116.